The van der Waals surface area contributed by atoms with Crippen LogP contribution in [0.1, 0.15) is 28.5 Å². The smallest absolute Gasteiger partial charge is 0.124 e. The van der Waals surface area contributed by atoms with Gasteiger partial charge < -0.3 is 9.30 Å². The van der Waals surface area contributed by atoms with Gasteiger partial charge in [-0.2, -0.15) is 5.26 Å². The van der Waals surface area contributed by atoms with Gasteiger partial charge in [0.2, 0.25) is 0 Å². The number of benzene rings is 3. The molecule has 35 heavy (non-hydrogen) atoms. The third-order valence-corrected chi connectivity index (χ3v) is 6.65. The zero-order valence-electron chi connectivity index (χ0n) is 18.8. The molecular formula is C28H20Cl2N4O. The molecule has 0 saturated carbocycles. The molecule has 0 aliphatic rings. The molecule has 2 heterocycles. The predicted molar refractivity (Wildman–Crippen MR) is 138 cm³/mol. The number of halogens is 2. The van der Waals surface area contributed by atoms with Gasteiger partial charge in [-0.1, -0.05) is 59.6 Å². The van der Waals surface area contributed by atoms with Crippen LogP contribution in [-0.4, -0.2) is 14.5 Å². The Balaban J connectivity index is 1.59. The number of ether oxygens (including phenoxy) is 1. The number of pyridine rings is 1. The van der Waals surface area contributed by atoms with Gasteiger partial charge in [0.1, 0.15) is 6.10 Å². The van der Waals surface area contributed by atoms with E-state index in [2.05, 4.69) is 16.0 Å². The van der Waals surface area contributed by atoms with Crippen LogP contribution in [0.2, 0.25) is 10.0 Å². The number of hydrogen-bond acceptors (Lipinski definition) is 4. The van der Waals surface area contributed by atoms with Crippen LogP contribution < -0.4 is 0 Å². The second-order valence-corrected chi connectivity index (χ2v) is 8.98. The van der Waals surface area contributed by atoms with Gasteiger partial charge in [-0.15, -0.1) is 0 Å². The molecule has 0 saturated heterocycles. The van der Waals surface area contributed by atoms with Gasteiger partial charge in [0.15, 0.2) is 0 Å². The van der Waals surface area contributed by atoms with Gasteiger partial charge in [0.25, 0.3) is 0 Å². The third-order valence-electron chi connectivity index (χ3n) is 5.91. The highest BCUT2D eigenvalue weighted by molar-refractivity contribution is 6.42. The average Bonchev–Trinajstić information content (AvgIpc) is 3.31. The van der Waals surface area contributed by atoms with E-state index >= 15 is 0 Å². The average molecular weight is 499 g/mol. The van der Waals surface area contributed by atoms with Gasteiger partial charge in [-0.05, 0) is 41.5 Å². The molecule has 0 spiro atoms. The number of nitriles is 1. The highest BCUT2D eigenvalue weighted by atomic mass is 35.5. The Hall–Kier alpha value is -3.69. The second kappa shape index (κ2) is 9.89. The van der Waals surface area contributed by atoms with E-state index in [1.807, 2.05) is 66.2 Å². The first-order chi connectivity index (χ1) is 17.0. The summed E-state index contributed by atoms with van der Waals surface area (Å²) >= 11 is 12.3. The van der Waals surface area contributed by atoms with Crippen LogP contribution in [0.5, 0.6) is 0 Å². The van der Waals surface area contributed by atoms with E-state index in [9.17, 15) is 5.26 Å². The summed E-state index contributed by atoms with van der Waals surface area (Å²) in [7, 11) is 1.93. The molecule has 7 heteroatoms. The first-order valence-corrected chi connectivity index (χ1v) is 11.7. The fraction of sp³-hybridized carbons (Fsp3) is 0.107. The van der Waals surface area contributed by atoms with Crippen LogP contribution in [0.15, 0.2) is 85.5 Å². The Kier molecular flexibility index (Phi) is 6.52. The fourth-order valence-electron chi connectivity index (χ4n) is 4.15. The van der Waals surface area contributed by atoms with E-state index < -0.39 is 6.10 Å². The first kappa shape index (κ1) is 23.1. The van der Waals surface area contributed by atoms with Gasteiger partial charge >= 0.3 is 0 Å². The lowest BCUT2D eigenvalue weighted by Crippen LogP contribution is -2.11. The van der Waals surface area contributed by atoms with Crippen LogP contribution in [0, 0.1) is 11.3 Å². The van der Waals surface area contributed by atoms with Crippen molar-refractivity contribution in [3.63, 3.8) is 0 Å². The number of imidazole rings is 1. The minimum atomic E-state index is -0.425. The molecule has 1 unspecified atom stereocenters. The summed E-state index contributed by atoms with van der Waals surface area (Å²) < 4.78 is 8.35. The molecule has 5 nitrogen and oxygen atoms in total. The van der Waals surface area contributed by atoms with E-state index in [0.29, 0.717) is 22.2 Å². The molecule has 172 valence electrons. The number of para-hydroxylation sites is 1. The summed E-state index contributed by atoms with van der Waals surface area (Å²) in [6.45, 7) is 0.317. The van der Waals surface area contributed by atoms with Gasteiger partial charge in [-0.25, -0.2) is 4.98 Å². The number of aryl methyl sites for hydroxylation is 1. The molecule has 5 rings (SSSR count). The van der Waals surface area contributed by atoms with Crippen LogP contribution in [0.3, 0.4) is 0 Å². The Morgan fingerprint density at radius 2 is 1.86 bits per heavy atom. The van der Waals surface area contributed by atoms with E-state index in [-0.39, 0.29) is 0 Å². The van der Waals surface area contributed by atoms with Gasteiger partial charge in [-0.3, -0.25) is 4.98 Å². The summed E-state index contributed by atoms with van der Waals surface area (Å²) in [5, 5.41) is 11.9. The van der Waals surface area contributed by atoms with Crippen LogP contribution in [0.4, 0.5) is 0 Å². The molecule has 0 aliphatic heterocycles. The van der Waals surface area contributed by atoms with Crippen LogP contribution >= 0.6 is 23.2 Å². The van der Waals surface area contributed by atoms with Gasteiger partial charge in [0.05, 0.1) is 52.0 Å². The molecule has 3 aromatic carbocycles. The molecule has 0 amide bonds. The van der Waals surface area contributed by atoms with Crippen molar-refractivity contribution in [2.75, 3.05) is 0 Å². The van der Waals surface area contributed by atoms with Crippen molar-refractivity contribution >= 4 is 34.1 Å². The minimum Gasteiger partial charge on any atom is -0.363 e. The molecule has 0 fully saturated rings. The maximum atomic E-state index is 9.87. The molecule has 5 aromatic rings. The normalized spacial score (nSPS) is 11.9. The summed E-state index contributed by atoms with van der Waals surface area (Å²) in [4.78, 5) is 8.87. The molecular weight excluding hydrogens is 479 g/mol. The number of rotatable bonds is 6. The molecule has 0 N–H and O–H groups in total. The minimum absolute atomic E-state index is 0.317. The number of nitrogens with zero attached hydrogens (tertiary/aromatic N) is 4. The van der Waals surface area contributed by atoms with Crippen molar-refractivity contribution in [2.45, 2.75) is 12.7 Å². The highest BCUT2D eigenvalue weighted by Gasteiger charge is 2.21. The van der Waals surface area contributed by atoms with Gasteiger partial charge in [0, 0.05) is 29.8 Å². The summed E-state index contributed by atoms with van der Waals surface area (Å²) in [6, 6.07) is 23.4. The molecule has 0 aliphatic carbocycles. The van der Waals surface area contributed by atoms with Crippen molar-refractivity contribution in [1.29, 1.82) is 5.26 Å². The quantitative estimate of drug-likeness (QED) is 0.250. The Morgan fingerprint density at radius 1 is 1.00 bits per heavy atom. The molecule has 0 bridgehead atoms. The van der Waals surface area contributed by atoms with Crippen LogP contribution in [-0.2, 0) is 18.4 Å². The standard InChI is InChI=1S/C28H20Cl2N4O/c1-34-17-32-15-26(34)28(35-16-18-7-10-24(29)25(30)12-18)20-8-9-21(14-31)23(13-20)22-6-2-4-19-5-3-11-33-27(19)22/h2-13,15,17,28H,16H2,1H3. The first-order valence-electron chi connectivity index (χ1n) is 10.9. The lowest BCUT2D eigenvalue weighted by molar-refractivity contribution is 0.0622. The van der Waals surface area contributed by atoms with Crippen LogP contribution in [0.25, 0.3) is 22.0 Å². The number of fused-ring (bicyclic) bond motifs is 1. The van der Waals surface area contributed by atoms with E-state index in [0.717, 1.165) is 38.9 Å². The van der Waals surface area contributed by atoms with Crippen molar-refractivity contribution in [3.8, 4) is 17.2 Å². The SMILES string of the molecule is Cn1cncc1C(OCc1ccc(Cl)c(Cl)c1)c1ccc(C#N)c(-c2cccc3cccnc23)c1. The van der Waals surface area contributed by atoms with Crippen molar-refractivity contribution in [1.82, 2.24) is 14.5 Å². The zero-order chi connectivity index (χ0) is 24.4. The summed E-state index contributed by atoms with van der Waals surface area (Å²) in [6.07, 6.45) is 4.87. The van der Waals surface area contributed by atoms with Crippen molar-refractivity contribution in [3.05, 3.63) is 118 Å². The van der Waals surface area contributed by atoms with E-state index in [1.54, 1.807) is 30.9 Å². The summed E-state index contributed by atoms with van der Waals surface area (Å²) in [5.74, 6) is 0. The molecule has 0 radical (unpaired) electrons. The second-order valence-electron chi connectivity index (χ2n) is 8.17. The Labute approximate surface area is 213 Å². The summed E-state index contributed by atoms with van der Waals surface area (Å²) in [5.41, 5.74) is 5.80. The Bertz CT molecular complexity index is 1570. The maximum Gasteiger partial charge on any atom is 0.124 e. The monoisotopic (exact) mass is 498 g/mol. The zero-order valence-corrected chi connectivity index (χ0v) is 20.3. The van der Waals surface area contributed by atoms with E-state index in [4.69, 9.17) is 27.9 Å². The van der Waals surface area contributed by atoms with Crippen molar-refractivity contribution < 1.29 is 4.74 Å². The van der Waals surface area contributed by atoms with E-state index in [1.165, 1.54) is 0 Å². The highest BCUT2D eigenvalue weighted by Crippen LogP contribution is 2.35. The Morgan fingerprint density at radius 3 is 2.63 bits per heavy atom. The third kappa shape index (κ3) is 4.65. The maximum absolute atomic E-state index is 9.87. The predicted octanol–water partition coefficient (Wildman–Crippen LogP) is 7.12. The van der Waals surface area contributed by atoms with Crippen molar-refractivity contribution in [2.24, 2.45) is 7.05 Å². The fourth-order valence-corrected chi connectivity index (χ4v) is 4.47. The number of aromatic nitrogens is 3. The molecule has 2 aromatic heterocycles. The molecule has 1 atom stereocenters. The lowest BCUT2D eigenvalue weighted by Gasteiger charge is -2.21. The topological polar surface area (TPSA) is 63.7 Å². The largest absolute Gasteiger partial charge is 0.363 e. The lowest BCUT2D eigenvalue weighted by atomic mass is 9.93. The number of hydrogen-bond donors (Lipinski definition) is 0.